The molecule has 2 amide bonds. The van der Waals surface area contributed by atoms with E-state index in [9.17, 15) is 18.8 Å². The number of hydrogen-bond acceptors (Lipinski definition) is 4. The monoisotopic (exact) mass is 280 g/mol. The Labute approximate surface area is 114 Å². The molecule has 106 valence electrons. The number of rotatable bonds is 4. The van der Waals surface area contributed by atoms with Crippen molar-refractivity contribution in [3.8, 4) is 0 Å². The van der Waals surface area contributed by atoms with Gasteiger partial charge in [0, 0.05) is 12.6 Å². The van der Waals surface area contributed by atoms with Crippen LogP contribution >= 0.6 is 0 Å². The van der Waals surface area contributed by atoms with E-state index >= 15 is 0 Å². The minimum absolute atomic E-state index is 0.0150. The van der Waals surface area contributed by atoms with Gasteiger partial charge < -0.3 is 15.4 Å². The molecule has 0 fully saturated rings. The molecule has 1 aromatic carbocycles. The Balaban J connectivity index is 2.00. The molecule has 0 aliphatic carbocycles. The third-order valence-corrected chi connectivity index (χ3v) is 2.73. The van der Waals surface area contributed by atoms with Crippen molar-refractivity contribution in [2.24, 2.45) is 0 Å². The van der Waals surface area contributed by atoms with E-state index in [2.05, 4.69) is 15.4 Å². The maximum atomic E-state index is 13.7. The molecular weight excluding hydrogens is 267 g/mol. The highest BCUT2D eigenvalue weighted by Gasteiger charge is 2.20. The molecule has 0 bridgehead atoms. The van der Waals surface area contributed by atoms with Crippen LogP contribution in [0.3, 0.4) is 0 Å². The first-order valence-corrected chi connectivity index (χ1v) is 6.01. The number of ether oxygens (including phenoxy) is 1. The van der Waals surface area contributed by atoms with Crippen molar-refractivity contribution >= 4 is 29.2 Å². The van der Waals surface area contributed by atoms with E-state index in [1.165, 1.54) is 19.1 Å². The maximum Gasteiger partial charge on any atom is 0.302 e. The first kappa shape index (κ1) is 14.0. The molecule has 1 aliphatic rings. The van der Waals surface area contributed by atoms with E-state index in [1.807, 2.05) is 0 Å². The average molecular weight is 280 g/mol. The topological polar surface area (TPSA) is 84.5 Å². The first-order valence-electron chi connectivity index (χ1n) is 6.01. The molecule has 0 saturated carbocycles. The fourth-order valence-corrected chi connectivity index (χ4v) is 1.84. The Morgan fingerprint density at radius 2 is 2.20 bits per heavy atom. The van der Waals surface area contributed by atoms with Crippen LogP contribution in [0.25, 0.3) is 0 Å². The summed E-state index contributed by atoms with van der Waals surface area (Å²) in [6, 6.07) is 2.59. The van der Waals surface area contributed by atoms with Gasteiger partial charge in [-0.25, -0.2) is 4.39 Å². The molecule has 2 N–H and O–H groups in total. The number of carbonyl (C=O) groups excluding carboxylic acids is 3. The zero-order valence-electron chi connectivity index (χ0n) is 10.8. The zero-order valence-corrected chi connectivity index (χ0v) is 10.8. The number of nitrogens with one attached hydrogen (secondary N) is 2. The van der Waals surface area contributed by atoms with Gasteiger partial charge in [-0.15, -0.1) is 0 Å². The molecule has 0 atom stereocenters. The molecule has 7 heteroatoms. The van der Waals surface area contributed by atoms with Crippen molar-refractivity contribution < 1.29 is 23.5 Å². The summed E-state index contributed by atoms with van der Waals surface area (Å²) in [5, 5.41) is 4.94. The highest BCUT2D eigenvalue weighted by atomic mass is 19.1. The number of halogens is 1. The lowest BCUT2D eigenvalue weighted by molar-refractivity contribution is -0.141. The Morgan fingerprint density at radius 3 is 2.90 bits per heavy atom. The second-order valence-corrected chi connectivity index (χ2v) is 4.35. The minimum atomic E-state index is -0.610. The minimum Gasteiger partial charge on any atom is -0.465 e. The molecule has 1 aliphatic heterocycles. The number of anilines is 2. The second-order valence-electron chi connectivity index (χ2n) is 4.35. The number of fused-ring (bicyclic) bond motifs is 1. The van der Waals surface area contributed by atoms with Gasteiger partial charge >= 0.3 is 5.97 Å². The van der Waals surface area contributed by atoms with Crippen LogP contribution in [0.5, 0.6) is 0 Å². The van der Waals surface area contributed by atoms with E-state index in [-0.39, 0.29) is 31.0 Å². The third-order valence-electron chi connectivity index (χ3n) is 2.73. The molecule has 0 saturated heterocycles. The molecular formula is C13H13FN2O4. The van der Waals surface area contributed by atoms with Gasteiger partial charge in [-0.1, -0.05) is 0 Å². The smallest absolute Gasteiger partial charge is 0.302 e. The van der Waals surface area contributed by atoms with Crippen LogP contribution in [0.4, 0.5) is 15.8 Å². The van der Waals surface area contributed by atoms with Crippen molar-refractivity contribution in [1.29, 1.82) is 0 Å². The fourth-order valence-electron chi connectivity index (χ4n) is 1.84. The predicted octanol–water partition coefficient (Wildman–Crippen LogP) is 1.21. The van der Waals surface area contributed by atoms with E-state index in [1.54, 1.807) is 0 Å². The number of benzene rings is 1. The summed E-state index contributed by atoms with van der Waals surface area (Å²) in [5.74, 6) is -1.78. The molecule has 0 radical (unpaired) electrons. The van der Waals surface area contributed by atoms with E-state index in [0.29, 0.717) is 11.3 Å². The fraction of sp³-hybridized carbons (Fsp3) is 0.308. The van der Waals surface area contributed by atoms with Crippen LogP contribution in [0.1, 0.15) is 18.9 Å². The lowest BCUT2D eigenvalue weighted by Gasteiger charge is -2.08. The highest BCUT2D eigenvalue weighted by Crippen LogP contribution is 2.29. The molecule has 0 aromatic heterocycles. The molecule has 0 unspecified atom stereocenters. The van der Waals surface area contributed by atoms with Crippen LogP contribution in [0.2, 0.25) is 0 Å². The highest BCUT2D eigenvalue weighted by molar-refractivity contribution is 6.00. The maximum absolute atomic E-state index is 13.7. The van der Waals surface area contributed by atoms with Gasteiger partial charge in [-0.3, -0.25) is 14.4 Å². The standard InChI is InChI=1S/C13H13FN2O4/c1-7(17)20-3-2-12(18)16-11-6-10-8(4-9(11)14)5-13(19)15-10/h4,6H,2-3,5H2,1H3,(H,15,19)(H,16,18). The lowest BCUT2D eigenvalue weighted by Crippen LogP contribution is -2.16. The summed E-state index contributed by atoms with van der Waals surface area (Å²) in [6.07, 6.45) is 0.0649. The average Bonchev–Trinajstić information content (AvgIpc) is 2.68. The normalized spacial score (nSPS) is 12.6. The molecule has 0 spiro atoms. The van der Waals surface area contributed by atoms with Gasteiger partial charge in [0.05, 0.1) is 18.5 Å². The predicted molar refractivity (Wildman–Crippen MR) is 68.6 cm³/mol. The van der Waals surface area contributed by atoms with Crippen LogP contribution in [-0.2, 0) is 25.5 Å². The summed E-state index contributed by atoms with van der Waals surface area (Å²) in [6.45, 7) is 1.17. The Kier molecular flexibility index (Phi) is 3.97. The summed E-state index contributed by atoms with van der Waals surface area (Å²) in [5.41, 5.74) is 1.04. The lowest BCUT2D eigenvalue weighted by atomic mass is 10.1. The first-order chi connectivity index (χ1) is 9.45. The quantitative estimate of drug-likeness (QED) is 0.812. The zero-order chi connectivity index (χ0) is 14.7. The summed E-state index contributed by atoms with van der Waals surface area (Å²) in [4.78, 5) is 33.3. The van der Waals surface area contributed by atoms with Gasteiger partial charge in [0.2, 0.25) is 11.8 Å². The van der Waals surface area contributed by atoms with Crippen LogP contribution in [0, 0.1) is 5.82 Å². The van der Waals surface area contributed by atoms with Crippen molar-refractivity contribution in [3.63, 3.8) is 0 Å². The van der Waals surface area contributed by atoms with Crippen molar-refractivity contribution in [3.05, 3.63) is 23.5 Å². The molecule has 2 rings (SSSR count). The van der Waals surface area contributed by atoms with Gasteiger partial charge in [0.25, 0.3) is 0 Å². The van der Waals surface area contributed by atoms with Crippen LogP contribution in [-0.4, -0.2) is 24.4 Å². The van der Waals surface area contributed by atoms with E-state index in [4.69, 9.17) is 0 Å². The Morgan fingerprint density at radius 1 is 1.45 bits per heavy atom. The number of hydrogen-bond donors (Lipinski definition) is 2. The van der Waals surface area contributed by atoms with Gasteiger partial charge in [0.1, 0.15) is 12.4 Å². The summed E-state index contributed by atoms with van der Waals surface area (Å²) >= 11 is 0. The number of amides is 2. The largest absolute Gasteiger partial charge is 0.465 e. The molecule has 6 nitrogen and oxygen atoms in total. The Bertz CT molecular complexity index is 586. The Hall–Kier alpha value is -2.44. The van der Waals surface area contributed by atoms with E-state index in [0.717, 1.165) is 0 Å². The molecule has 20 heavy (non-hydrogen) atoms. The molecule has 1 heterocycles. The summed E-state index contributed by atoms with van der Waals surface area (Å²) in [7, 11) is 0. The SMILES string of the molecule is CC(=O)OCCC(=O)Nc1cc2c(cc1F)CC(=O)N2. The number of esters is 1. The van der Waals surface area contributed by atoms with Crippen molar-refractivity contribution in [2.45, 2.75) is 19.8 Å². The van der Waals surface area contributed by atoms with Gasteiger partial charge in [-0.05, 0) is 17.7 Å². The third kappa shape index (κ3) is 3.31. The van der Waals surface area contributed by atoms with Gasteiger partial charge in [-0.2, -0.15) is 0 Å². The molecule has 1 aromatic rings. The van der Waals surface area contributed by atoms with Crippen molar-refractivity contribution in [2.75, 3.05) is 17.2 Å². The number of carbonyl (C=O) groups is 3. The van der Waals surface area contributed by atoms with Crippen LogP contribution in [0.15, 0.2) is 12.1 Å². The van der Waals surface area contributed by atoms with Crippen molar-refractivity contribution in [1.82, 2.24) is 0 Å². The van der Waals surface area contributed by atoms with Gasteiger partial charge in [0.15, 0.2) is 0 Å². The second kappa shape index (κ2) is 5.68. The van der Waals surface area contributed by atoms with E-state index < -0.39 is 17.7 Å². The summed E-state index contributed by atoms with van der Waals surface area (Å²) < 4.78 is 18.4. The van der Waals surface area contributed by atoms with Crippen LogP contribution < -0.4 is 10.6 Å².